The van der Waals surface area contributed by atoms with E-state index in [1.165, 1.54) is 225 Å². The van der Waals surface area contributed by atoms with Crippen molar-refractivity contribution in [3.63, 3.8) is 0 Å². The fourth-order valence-corrected chi connectivity index (χ4v) is 9.32. The number of aliphatic hydroxyl groups excluding tert-OH is 1. The van der Waals surface area contributed by atoms with Gasteiger partial charge in [-0.15, -0.1) is 0 Å². The monoisotopic (exact) mass is 967 g/mol. The summed E-state index contributed by atoms with van der Waals surface area (Å²) in [5.41, 5.74) is 0. The minimum Gasteiger partial charge on any atom is -0.462 e. The Morgan fingerprint density at radius 3 is 0.942 bits per heavy atom. The first-order valence-corrected chi connectivity index (χ1v) is 30.7. The number of aliphatic hydroxyl groups is 1. The molecule has 1 unspecified atom stereocenters. The molecule has 0 rings (SSSR count). The van der Waals surface area contributed by atoms with Crippen LogP contribution in [0.4, 0.5) is 0 Å². The van der Waals surface area contributed by atoms with Gasteiger partial charge < -0.3 is 14.6 Å². The Morgan fingerprint density at radius 2 is 0.623 bits per heavy atom. The lowest BCUT2D eigenvalue weighted by Gasteiger charge is -2.15. The molecule has 0 saturated carbocycles. The van der Waals surface area contributed by atoms with E-state index in [2.05, 4.69) is 62.5 Å². The first kappa shape index (κ1) is 66.9. The van der Waals surface area contributed by atoms with E-state index in [0.29, 0.717) is 12.8 Å². The highest BCUT2D eigenvalue weighted by Gasteiger charge is 2.16. The Hall–Kier alpha value is -2.14. The second-order valence-corrected chi connectivity index (χ2v) is 20.8. The number of esters is 2. The molecule has 404 valence electrons. The predicted molar refractivity (Wildman–Crippen MR) is 302 cm³/mol. The van der Waals surface area contributed by atoms with Gasteiger partial charge in [0.1, 0.15) is 6.61 Å². The average molecular weight is 968 g/mol. The number of allylic oxidation sites excluding steroid dienone is 8. The Kier molecular flexibility index (Phi) is 58.3. The number of unbranched alkanes of at least 4 members (excludes halogenated alkanes) is 41. The van der Waals surface area contributed by atoms with Crippen molar-refractivity contribution < 1.29 is 24.2 Å². The third-order valence-corrected chi connectivity index (χ3v) is 13.9. The van der Waals surface area contributed by atoms with Crippen LogP contribution in [0.25, 0.3) is 0 Å². The molecule has 0 radical (unpaired) electrons. The topological polar surface area (TPSA) is 72.8 Å². The lowest BCUT2D eigenvalue weighted by molar-refractivity contribution is -0.161. The van der Waals surface area contributed by atoms with Gasteiger partial charge in [-0.25, -0.2) is 0 Å². The number of hydrogen-bond acceptors (Lipinski definition) is 5. The zero-order valence-corrected chi connectivity index (χ0v) is 46.3. The standard InChI is InChI=1S/C64H118O5/c1-3-5-7-9-11-13-15-17-19-21-22-23-24-25-26-27-28-29-30-31-32-33-34-35-36-37-38-39-40-41-43-44-46-48-50-52-54-56-58-63(66)68-61-62(60-65)69-64(67)59-57-55-53-51-49-47-45-42-20-18-16-14-12-10-8-6-4-2/h6,8,12,14,18,20,45,47,62,65H,3-5,7,9-11,13,15-17,19,21-44,46,48-61H2,1-2H3/b8-6-,14-12-,20-18-,47-45-. The molecule has 69 heavy (non-hydrogen) atoms. The van der Waals surface area contributed by atoms with Gasteiger partial charge in [0.25, 0.3) is 0 Å². The lowest BCUT2D eigenvalue weighted by atomic mass is 10.0. The fraction of sp³-hybridized carbons (Fsp3) is 0.844. The average Bonchev–Trinajstić information content (AvgIpc) is 3.35. The number of hydrogen-bond donors (Lipinski definition) is 1. The van der Waals surface area contributed by atoms with Gasteiger partial charge in [-0.2, -0.15) is 0 Å². The van der Waals surface area contributed by atoms with Crippen molar-refractivity contribution >= 4 is 11.9 Å². The van der Waals surface area contributed by atoms with Crippen LogP contribution in [-0.2, 0) is 19.1 Å². The molecule has 0 aliphatic heterocycles. The van der Waals surface area contributed by atoms with Crippen LogP contribution in [0.5, 0.6) is 0 Å². The molecule has 0 bridgehead atoms. The van der Waals surface area contributed by atoms with Crippen molar-refractivity contribution in [1.29, 1.82) is 0 Å². The number of ether oxygens (including phenoxy) is 2. The normalized spacial score (nSPS) is 12.4. The van der Waals surface area contributed by atoms with Gasteiger partial charge in [0.05, 0.1) is 6.61 Å². The van der Waals surface area contributed by atoms with Crippen molar-refractivity contribution in [2.75, 3.05) is 13.2 Å². The van der Waals surface area contributed by atoms with Crippen LogP contribution in [0.1, 0.15) is 328 Å². The highest BCUT2D eigenvalue weighted by Crippen LogP contribution is 2.18. The molecular formula is C64H118O5. The van der Waals surface area contributed by atoms with E-state index in [9.17, 15) is 14.7 Å². The summed E-state index contributed by atoms with van der Waals surface area (Å²) in [5, 5.41) is 9.64. The summed E-state index contributed by atoms with van der Waals surface area (Å²) in [6.07, 6.45) is 79.9. The van der Waals surface area contributed by atoms with Gasteiger partial charge in [-0.05, 0) is 51.4 Å². The zero-order valence-electron chi connectivity index (χ0n) is 46.3. The maximum absolute atomic E-state index is 12.3. The molecule has 0 aromatic rings. The van der Waals surface area contributed by atoms with Gasteiger partial charge >= 0.3 is 11.9 Å². The minimum atomic E-state index is -0.785. The second kappa shape index (κ2) is 60.2. The Morgan fingerprint density at radius 1 is 0.348 bits per heavy atom. The molecular weight excluding hydrogens is 849 g/mol. The van der Waals surface area contributed by atoms with Crippen LogP contribution < -0.4 is 0 Å². The molecule has 0 aromatic heterocycles. The third kappa shape index (κ3) is 58.3. The summed E-state index contributed by atoms with van der Waals surface area (Å²) in [5.74, 6) is -0.606. The van der Waals surface area contributed by atoms with Crippen molar-refractivity contribution in [2.45, 2.75) is 335 Å². The number of carbonyl (C=O) groups excluding carboxylic acids is 2. The molecule has 1 N–H and O–H groups in total. The summed E-state index contributed by atoms with van der Waals surface area (Å²) in [7, 11) is 0. The molecule has 0 aliphatic rings. The minimum absolute atomic E-state index is 0.0737. The molecule has 0 fully saturated rings. The Bertz CT molecular complexity index is 1140. The van der Waals surface area contributed by atoms with Crippen molar-refractivity contribution in [3.05, 3.63) is 48.6 Å². The van der Waals surface area contributed by atoms with Crippen LogP contribution in [0.3, 0.4) is 0 Å². The summed E-state index contributed by atoms with van der Waals surface area (Å²) in [6.45, 7) is 4.04. The maximum atomic E-state index is 12.3. The van der Waals surface area contributed by atoms with Crippen molar-refractivity contribution in [2.24, 2.45) is 0 Å². The summed E-state index contributed by atoms with van der Waals surface area (Å²) in [6, 6.07) is 0. The first-order valence-electron chi connectivity index (χ1n) is 30.7. The SMILES string of the molecule is CC/C=C\C/C=C\C/C=C\C/C=C\CCCCCCC(=O)OC(CO)COC(=O)CCCCCCCCCCCCCCCCCCCCCCCCCCCCCCCCCCCCCCCC. The predicted octanol–water partition coefficient (Wildman–Crippen LogP) is 20.8. The molecule has 0 heterocycles. The largest absolute Gasteiger partial charge is 0.462 e. The van der Waals surface area contributed by atoms with Crippen LogP contribution in [0, 0.1) is 0 Å². The van der Waals surface area contributed by atoms with E-state index < -0.39 is 6.10 Å². The molecule has 0 saturated heterocycles. The quantitative estimate of drug-likeness (QED) is 0.0373. The van der Waals surface area contributed by atoms with Crippen molar-refractivity contribution in [1.82, 2.24) is 0 Å². The first-order chi connectivity index (χ1) is 34.1. The zero-order chi connectivity index (χ0) is 49.9. The fourth-order valence-electron chi connectivity index (χ4n) is 9.32. The van der Waals surface area contributed by atoms with E-state index >= 15 is 0 Å². The number of rotatable bonds is 57. The van der Waals surface area contributed by atoms with Gasteiger partial charge in [0.15, 0.2) is 6.10 Å². The smallest absolute Gasteiger partial charge is 0.306 e. The lowest BCUT2D eigenvalue weighted by Crippen LogP contribution is -2.28. The van der Waals surface area contributed by atoms with Gasteiger partial charge in [0, 0.05) is 12.8 Å². The summed E-state index contributed by atoms with van der Waals surface area (Å²) < 4.78 is 10.7. The number of carbonyl (C=O) groups is 2. The Balaban J connectivity index is 3.37. The molecule has 0 amide bonds. The molecule has 1 atom stereocenters. The highest BCUT2D eigenvalue weighted by molar-refractivity contribution is 5.70. The van der Waals surface area contributed by atoms with Crippen molar-refractivity contribution in [3.8, 4) is 0 Å². The van der Waals surface area contributed by atoms with Crippen LogP contribution in [0.2, 0.25) is 0 Å². The van der Waals surface area contributed by atoms with Gasteiger partial charge in [-0.3, -0.25) is 9.59 Å². The van der Waals surface area contributed by atoms with E-state index in [-0.39, 0.29) is 25.2 Å². The third-order valence-electron chi connectivity index (χ3n) is 13.9. The highest BCUT2D eigenvalue weighted by atomic mass is 16.6. The van der Waals surface area contributed by atoms with E-state index in [4.69, 9.17) is 9.47 Å². The van der Waals surface area contributed by atoms with E-state index in [1.807, 2.05) is 0 Å². The second-order valence-electron chi connectivity index (χ2n) is 20.8. The molecule has 0 aromatic carbocycles. The molecule has 5 nitrogen and oxygen atoms in total. The molecule has 0 aliphatic carbocycles. The Labute approximate surface area is 430 Å². The van der Waals surface area contributed by atoms with Crippen LogP contribution in [0.15, 0.2) is 48.6 Å². The van der Waals surface area contributed by atoms with Gasteiger partial charge in [-0.1, -0.05) is 313 Å². The molecule has 0 spiro atoms. The van der Waals surface area contributed by atoms with Crippen LogP contribution in [-0.4, -0.2) is 36.4 Å². The van der Waals surface area contributed by atoms with E-state index in [0.717, 1.165) is 77.0 Å². The summed E-state index contributed by atoms with van der Waals surface area (Å²) in [4.78, 5) is 24.5. The van der Waals surface area contributed by atoms with Crippen LogP contribution >= 0.6 is 0 Å². The maximum Gasteiger partial charge on any atom is 0.306 e. The summed E-state index contributed by atoms with van der Waals surface area (Å²) >= 11 is 0. The molecule has 5 heteroatoms. The van der Waals surface area contributed by atoms with Gasteiger partial charge in [0.2, 0.25) is 0 Å². The van der Waals surface area contributed by atoms with E-state index in [1.54, 1.807) is 0 Å².